The van der Waals surface area contributed by atoms with Gasteiger partial charge in [0.25, 0.3) is 0 Å². The van der Waals surface area contributed by atoms with E-state index in [0.717, 1.165) is 0 Å². The average molecular weight is 434 g/mol. The molecule has 2 amide bonds. The molecule has 0 bridgehead atoms. The Morgan fingerprint density at radius 3 is 2.19 bits per heavy atom. The van der Waals surface area contributed by atoms with Crippen LogP contribution in [0, 0.1) is 0 Å². The molecule has 2 N–H and O–H groups in total. The van der Waals surface area contributed by atoms with Gasteiger partial charge in [0.15, 0.2) is 5.75 Å². The van der Waals surface area contributed by atoms with E-state index >= 15 is 0 Å². The van der Waals surface area contributed by atoms with Gasteiger partial charge in [0.2, 0.25) is 11.8 Å². The number of likely N-dealkylation sites (N-methyl/N-ethyl adjacent to an activating group) is 1. The zero-order valence-electron chi connectivity index (χ0n) is 18.2. The number of hydrogen-bond donors (Lipinski definition) is 2. The zero-order valence-corrected chi connectivity index (χ0v) is 18.2. The van der Waals surface area contributed by atoms with Gasteiger partial charge in [-0.05, 0) is 42.9 Å². The molecule has 7 nitrogen and oxygen atoms in total. The summed E-state index contributed by atoms with van der Waals surface area (Å²) in [6.07, 6.45) is 0. The normalized spacial score (nSPS) is 10.5. The highest BCUT2D eigenvalue weighted by Crippen LogP contribution is 2.29. The van der Waals surface area contributed by atoms with Crippen LogP contribution in [0.2, 0.25) is 0 Å². The molecule has 3 aromatic carbocycles. The summed E-state index contributed by atoms with van der Waals surface area (Å²) >= 11 is 0. The summed E-state index contributed by atoms with van der Waals surface area (Å²) in [6, 6.07) is 23.7. The smallest absolute Gasteiger partial charge is 0.238 e. The summed E-state index contributed by atoms with van der Waals surface area (Å²) in [5, 5.41) is 5.71. The fourth-order valence-electron chi connectivity index (χ4n) is 3.05. The van der Waals surface area contributed by atoms with Gasteiger partial charge >= 0.3 is 0 Å². The van der Waals surface area contributed by atoms with E-state index in [0.29, 0.717) is 35.2 Å². The van der Waals surface area contributed by atoms with E-state index in [-0.39, 0.29) is 24.9 Å². The molecule has 3 rings (SSSR count). The van der Waals surface area contributed by atoms with Gasteiger partial charge in [0.1, 0.15) is 11.5 Å². The summed E-state index contributed by atoms with van der Waals surface area (Å²) in [5.74, 6) is 1.45. The van der Waals surface area contributed by atoms with E-state index in [2.05, 4.69) is 10.6 Å². The van der Waals surface area contributed by atoms with Crippen LogP contribution < -0.4 is 20.1 Å². The summed E-state index contributed by atoms with van der Waals surface area (Å²) < 4.78 is 11.1. The van der Waals surface area contributed by atoms with Gasteiger partial charge < -0.3 is 20.1 Å². The van der Waals surface area contributed by atoms with Gasteiger partial charge in [-0.15, -0.1) is 0 Å². The Kier molecular flexibility index (Phi) is 8.22. The summed E-state index contributed by atoms with van der Waals surface area (Å²) in [7, 11) is 1.57. The van der Waals surface area contributed by atoms with Crippen LogP contribution in [0.5, 0.6) is 17.2 Å². The minimum atomic E-state index is -0.231. The number of para-hydroxylation sites is 3. The first-order valence-corrected chi connectivity index (χ1v) is 10.4. The number of hydrogen-bond acceptors (Lipinski definition) is 5. The van der Waals surface area contributed by atoms with Gasteiger partial charge in [-0.3, -0.25) is 14.5 Å². The van der Waals surface area contributed by atoms with Crippen molar-refractivity contribution in [3.63, 3.8) is 0 Å². The highest BCUT2D eigenvalue weighted by Gasteiger charge is 2.15. The molecule has 0 spiro atoms. The van der Waals surface area contributed by atoms with Crippen molar-refractivity contribution in [3.8, 4) is 17.2 Å². The van der Waals surface area contributed by atoms with Crippen molar-refractivity contribution in [1.82, 2.24) is 4.90 Å². The number of methoxy groups -OCH3 is 1. The van der Waals surface area contributed by atoms with Crippen molar-refractivity contribution < 1.29 is 19.1 Å². The second-order valence-corrected chi connectivity index (χ2v) is 7.04. The topological polar surface area (TPSA) is 79.9 Å². The standard InChI is InChI=1S/C25H27N3O4/c1-3-28(17-24(29)26-19-10-9-13-21(16-19)31-2)18-25(30)27-22-14-7-8-15-23(22)32-20-11-5-4-6-12-20/h4-16H,3,17-18H2,1-2H3,(H,26,29)(H,27,30). The number of nitrogens with zero attached hydrogens (tertiary/aromatic N) is 1. The first kappa shape index (κ1) is 22.8. The third-order valence-corrected chi connectivity index (χ3v) is 4.67. The number of amides is 2. The molecule has 0 saturated heterocycles. The van der Waals surface area contributed by atoms with Crippen LogP contribution in [0.25, 0.3) is 0 Å². The van der Waals surface area contributed by atoms with Crippen LogP contribution in [-0.4, -0.2) is 43.5 Å². The Hall–Kier alpha value is -3.84. The molecule has 0 aromatic heterocycles. The lowest BCUT2D eigenvalue weighted by atomic mass is 10.2. The Bertz CT molecular complexity index is 1040. The quantitative estimate of drug-likeness (QED) is 0.496. The maximum Gasteiger partial charge on any atom is 0.238 e. The minimum Gasteiger partial charge on any atom is -0.497 e. The predicted octanol–water partition coefficient (Wildman–Crippen LogP) is 4.39. The third kappa shape index (κ3) is 6.85. The number of nitrogens with one attached hydrogen (secondary N) is 2. The lowest BCUT2D eigenvalue weighted by Crippen LogP contribution is -2.38. The zero-order chi connectivity index (χ0) is 22.8. The molecule has 7 heteroatoms. The number of anilines is 2. The lowest BCUT2D eigenvalue weighted by molar-refractivity contribution is -0.119. The molecular formula is C25H27N3O4. The Morgan fingerprint density at radius 1 is 0.812 bits per heavy atom. The molecule has 3 aromatic rings. The van der Waals surface area contributed by atoms with Crippen LogP contribution >= 0.6 is 0 Å². The second kappa shape index (κ2) is 11.5. The molecular weight excluding hydrogens is 406 g/mol. The molecule has 0 atom stereocenters. The summed E-state index contributed by atoms with van der Waals surface area (Å²) in [5.41, 5.74) is 1.21. The summed E-state index contributed by atoms with van der Waals surface area (Å²) in [4.78, 5) is 26.8. The predicted molar refractivity (Wildman–Crippen MR) is 125 cm³/mol. The first-order chi connectivity index (χ1) is 15.6. The molecule has 0 unspecified atom stereocenters. The molecule has 0 aliphatic heterocycles. The largest absolute Gasteiger partial charge is 0.497 e. The number of rotatable bonds is 10. The van der Waals surface area contributed by atoms with Gasteiger partial charge in [-0.25, -0.2) is 0 Å². The van der Waals surface area contributed by atoms with Crippen molar-refractivity contribution in [3.05, 3.63) is 78.9 Å². The van der Waals surface area contributed by atoms with Crippen LogP contribution in [0.3, 0.4) is 0 Å². The highest BCUT2D eigenvalue weighted by molar-refractivity contribution is 5.95. The third-order valence-electron chi connectivity index (χ3n) is 4.67. The van der Waals surface area contributed by atoms with E-state index < -0.39 is 0 Å². The fraction of sp³-hybridized carbons (Fsp3) is 0.200. The van der Waals surface area contributed by atoms with Crippen molar-refractivity contribution in [2.75, 3.05) is 37.4 Å². The maximum absolute atomic E-state index is 12.7. The van der Waals surface area contributed by atoms with Crippen molar-refractivity contribution in [2.24, 2.45) is 0 Å². The Labute approximate surface area is 188 Å². The number of carbonyl (C=O) groups excluding carboxylic acids is 2. The van der Waals surface area contributed by atoms with Crippen molar-refractivity contribution >= 4 is 23.2 Å². The molecule has 0 aliphatic carbocycles. The van der Waals surface area contributed by atoms with Gasteiger partial charge in [0, 0.05) is 11.8 Å². The Morgan fingerprint density at radius 2 is 1.47 bits per heavy atom. The first-order valence-electron chi connectivity index (χ1n) is 10.4. The van der Waals surface area contributed by atoms with Crippen molar-refractivity contribution in [1.29, 1.82) is 0 Å². The molecule has 0 saturated carbocycles. The van der Waals surface area contributed by atoms with E-state index in [1.165, 1.54) is 0 Å². The SMILES string of the molecule is CCN(CC(=O)Nc1cccc(OC)c1)CC(=O)Nc1ccccc1Oc1ccccc1. The lowest BCUT2D eigenvalue weighted by Gasteiger charge is -2.20. The van der Waals surface area contributed by atoms with Crippen LogP contribution in [-0.2, 0) is 9.59 Å². The molecule has 0 aliphatic rings. The van der Waals surface area contributed by atoms with Gasteiger partial charge in [-0.1, -0.05) is 43.3 Å². The van der Waals surface area contributed by atoms with E-state index in [9.17, 15) is 9.59 Å². The maximum atomic E-state index is 12.7. The van der Waals surface area contributed by atoms with Gasteiger partial charge in [-0.2, -0.15) is 0 Å². The number of ether oxygens (including phenoxy) is 2. The van der Waals surface area contributed by atoms with E-state index in [1.54, 1.807) is 48.4 Å². The van der Waals surface area contributed by atoms with Crippen molar-refractivity contribution in [2.45, 2.75) is 6.92 Å². The van der Waals surface area contributed by atoms with Crippen LogP contribution in [0.15, 0.2) is 78.9 Å². The molecule has 0 heterocycles. The van der Waals surface area contributed by atoms with E-state index in [1.807, 2.05) is 49.4 Å². The van der Waals surface area contributed by atoms with Crippen LogP contribution in [0.1, 0.15) is 6.92 Å². The molecule has 32 heavy (non-hydrogen) atoms. The Balaban J connectivity index is 1.57. The molecule has 0 radical (unpaired) electrons. The minimum absolute atomic E-state index is 0.0711. The van der Waals surface area contributed by atoms with Crippen LogP contribution in [0.4, 0.5) is 11.4 Å². The number of benzene rings is 3. The number of carbonyl (C=O) groups is 2. The second-order valence-electron chi connectivity index (χ2n) is 7.04. The monoisotopic (exact) mass is 433 g/mol. The molecule has 0 fully saturated rings. The summed E-state index contributed by atoms with van der Waals surface area (Å²) in [6.45, 7) is 2.60. The average Bonchev–Trinajstić information content (AvgIpc) is 2.80. The van der Waals surface area contributed by atoms with Gasteiger partial charge in [0.05, 0.1) is 25.9 Å². The molecule has 166 valence electrons. The van der Waals surface area contributed by atoms with E-state index in [4.69, 9.17) is 9.47 Å². The fourth-order valence-corrected chi connectivity index (χ4v) is 3.05. The highest BCUT2D eigenvalue weighted by atomic mass is 16.5.